The van der Waals surface area contributed by atoms with Crippen LogP contribution in [0.5, 0.6) is 0 Å². The Morgan fingerprint density at radius 2 is 1.73 bits per heavy atom. The topological polar surface area (TPSA) is 70.6 Å². The van der Waals surface area contributed by atoms with Crippen molar-refractivity contribution in [2.24, 2.45) is 5.92 Å². The maximum Gasteiger partial charge on any atom is 0.221 e. The number of hydrogen-bond donors (Lipinski definition) is 3. The highest BCUT2D eigenvalue weighted by Crippen LogP contribution is 2.28. The molecule has 3 atom stereocenters. The van der Waals surface area contributed by atoms with E-state index in [0.29, 0.717) is 25.3 Å². The second-order valence-corrected chi connectivity index (χ2v) is 9.67. The largest absolute Gasteiger partial charge is 0.352 e. The summed E-state index contributed by atoms with van der Waals surface area (Å²) < 4.78 is 0. The first-order chi connectivity index (χ1) is 19.5. The van der Waals surface area contributed by atoms with Gasteiger partial charge in [0.05, 0.1) is 0 Å². The van der Waals surface area contributed by atoms with E-state index in [2.05, 4.69) is 83.3 Å². The molecule has 1 aliphatic heterocycles. The fourth-order valence-corrected chi connectivity index (χ4v) is 4.25. The van der Waals surface area contributed by atoms with E-state index in [9.17, 15) is 4.79 Å². The molecule has 0 aromatic heterocycles. The van der Waals surface area contributed by atoms with Crippen LogP contribution in [0.1, 0.15) is 50.2 Å². The Morgan fingerprint density at radius 1 is 1.07 bits per heavy atom. The Labute approximate surface area is 240 Å². The van der Waals surface area contributed by atoms with Crippen LogP contribution in [-0.2, 0) is 9.68 Å². The van der Waals surface area contributed by atoms with Gasteiger partial charge in [-0.15, -0.1) is 6.58 Å². The molecule has 1 amide bonds. The maximum absolute atomic E-state index is 12.5. The second kappa shape index (κ2) is 19.3. The van der Waals surface area contributed by atoms with E-state index in [1.807, 2.05) is 74.5 Å². The molecule has 2 aromatic rings. The monoisotopic (exact) mass is 540 g/mol. The maximum atomic E-state index is 12.5. The summed E-state index contributed by atoms with van der Waals surface area (Å²) in [7, 11) is 0. The molecule has 1 heterocycles. The molecule has 1 fully saturated rings. The summed E-state index contributed by atoms with van der Waals surface area (Å²) in [6, 6.07) is 20.1. The smallest absolute Gasteiger partial charge is 0.221 e. The Bertz CT molecular complexity index is 1100. The Kier molecular flexibility index (Phi) is 15.7. The average Bonchev–Trinajstić information content (AvgIpc) is 3.45. The van der Waals surface area contributed by atoms with Crippen LogP contribution in [0.4, 0.5) is 0 Å². The molecule has 0 aliphatic carbocycles. The van der Waals surface area contributed by atoms with Crippen molar-refractivity contribution in [1.29, 1.82) is 0 Å². The molecule has 40 heavy (non-hydrogen) atoms. The summed E-state index contributed by atoms with van der Waals surface area (Å²) >= 11 is 0. The van der Waals surface area contributed by atoms with Gasteiger partial charge < -0.3 is 5.32 Å². The van der Waals surface area contributed by atoms with Crippen molar-refractivity contribution < 1.29 is 14.9 Å². The molecule has 0 bridgehead atoms. The van der Waals surface area contributed by atoms with Gasteiger partial charge in [0, 0.05) is 31.3 Å². The third-order valence-electron chi connectivity index (χ3n) is 6.57. The molecule has 0 spiro atoms. The van der Waals surface area contributed by atoms with E-state index in [4.69, 9.17) is 5.26 Å². The molecule has 5 nitrogen and oxygen atoms in total. The molecular weight excluding hydrogens is 496 g/mol. The van der Waals surface area contributed by atoms with Crippen LogP contribution < -0.4 is 10.6 Å². The normalized spacial score (nSPS) is 18.1. The molecule has 5 heteroatoms. The van der Waals surface area contributed by atoms with Crippen molar-refractivity contribution in [1.82, 2.24) is 10.6 Å². The van der Waals surface area contributed by atoms with E-state index in [-0.39, 0.29) is 17.9 Å². The number of carbonyl (C=O) groups is 1. The summed E-state index contributed by atoms with van der Waals surface area (Å²) in [6.45, 7) is 12.2. The van der Waals surface area contributed by atoms with Gasteiger partial charge in [0.2, 0.25) is 5.91 Å². The highest BCUT2D eigenvalue weighted by atomic mass is 17.1. The van der Waals surface area contributed by atoms with E-state index in [1.54, 1.807) is 0 Å². The molecule has 212 valence electrons. The summed E-state index contributed by atoms with van der Waals surface area (Å²) in [5.74, 6) is 0.426. The third-order valence-corrected chi connectivity index (χ3v) is 6.57. The van der Waals surface area contributed by atoms with E-state index in [0.717, 1.165) is 17.5 Å². The zero-order valence-electron chi connectivity index (χ0n) is 23.8. The standard InChI is InChI=1S/C19H22N2O3.C16H22/c22-18(21-16-11-19(24-23)20-13-16)12-17(14-7-3-1-4-8-14)15-9-5-2-6-10-15;1-5-8-9-13-16(7-3)14-11-10-12-15(4)6-2/h1-10,16-17,19-20,23H,11-13H2,(H,21,22);5-13,16H,2-3,14H2,1,4H3/b;8-5-,11-10+,13-9?,15-12-. The van der Waals surface area contributed by atoms with Crippen LogP contribution in [0.2, 0.25) is 0 Å². The quantitative estimate of drug-likeness (QED) is 0.106. The molecule has 1 aliphatic rings. The van der Waals surface area contributed by atoms with E-state index < -0.39 is 6.23 Å². The first kappa shape index (κ1) is 32.4. The number of amides is 1. The number of nitrogens with one attached hydrogen (secondary N) is 2. The predicted molar refractivity (Wildman–Crippen MR) is 167 cm³/mol. The molecule has 3 N–H and O–H groups in total. The van der Waals surface area contributed by atoms with Crippen LogP contribution in [0, 0.1) is 5.92 Å². The zero-order valence-corrected chi connectivity index (χ0v) is 23.8. The molecule has 2 aromatic carbocycles. The third kappa shape index (κ3) is 12.4. The lowest BCUT2D eigenvalue weighted by Gasteiger charge is -2.19. The summed E-state index contributed by atoms with van der Waals surface area (Å²) in [5.41, 5.74) is 3.43. The minimum absolute atomic E-state index is 0.00176. The van der Waals surface area contributed by atoms with Gasteiger partial charge in [0.25, 0.3) is 0 Å². The van der Waals surface area contributed by atoms with Crippen molar-refractivity contribution in [3.63, 3.8) is 0 Å². The fraction of sp³-hybridized carbons (Fsp3) is 0.286. The van der Waals surface area contributed by atoms with Gasteiger partial charge in [0.1, 0.15) is 6.23 Å². The Morgan fingerprint density at radius 3 is 2.25 bits per heavy atom. The number of rotatable bonds is 13. The van der Waals surface area contributed by atoms with Gasteiger partial charge >= 0.3 is 0 Å². The first-order valence-electron chi connectivity index (χ1n) is 13.8. The van der Waals surface area contributed by atoms with Gasteiger partial charge in [-0.25, -0.2) is 4.89 Å². The first-order valence-corrected chi connectivity index (χ1v) is 13.8. The molecule has 0 radical (unpaired) electrons. The van der Waals surface area contributed by atoms with Gasteiger partial charge in [-0.1, -0.05) is 127 Å². The van der Waals surface area contributed by atoms with Gasteiger partial charge in [-0.2, -0.15) is 0 Å². The lowest BCUT2D eigenvalue weighted by molar-refractivity contribution is -0.282. The lowest BCUT2D eigenvalue weighted by atomic mass is 9.88. The van der Waals surface area contributed by atoms with Gasteiger partial charge in [-0.3, -0.25) is 15.4 Å². The number of allylic oxidation sites excluding steroid dienone is 10. The molecule has 1 saturated heterocycles. The minimum atomic E-state index is -0.408. The SMILES string of the molecule is C=C/C(C)=C\C=C\CC(C=C)C=C/C=C\C.O=C(CC(c1ccccc1)c1ccccc1)NC1CNC(OO)C1. The van der Waals surface area contributed by atoms with Crippen LogP contribution in [0.3, 0.4) is 0 Å². The average molecular weight is 541 g/mol. The fourth-order valence-electron chi connectivity index (χ4n) is 4.25. The van der Waals surface area contributed by atoms with Crippen molar-refractivity contribution >= 4 is 5.91 Å². The van der Waals surface area contributed by atoms with E-state index >= 15 is 0 Å². The predicted octanol–water partition coefficient (Wildman–Crippen LogP) is 7.50. The van der Waals surface area contributed by atoms with Crippen molar-refractivity contribution in [2.75, 3.05) is 6.54 Å². The van der Waals surface area contributed by atoms with Crippen molar-refractivity contribution in [3.8, 4) is 0 Å². The van der Waals surface area contributed by atoms with Crippen LogP contribution in [-0.4, -0.2) is 30.0 Å². The number of benzene rings is 2. The molecular formula is C35H44N2O3. The molecule has 0 saturated carbocycles. The summed E-state index contributed by atoms with van der Waals surface area (Å²) in [5, 5.41) is 14.7. The van der Waals surface area contributed by atoms with Crippen LogP contribution in [0.15, 0.2) is 134 Å². The highest BCUT2D eigenvalue weighted by Gasteiger charge is 2.27. The second-order valence-electron chi connectivity index (χ2n) is 9.67. The Balaban J connectivity index is 0.000000307. The summed E-state index contributed by atoms with van der Waals surface area (Å²) in [6.07, 6.45) is 19.9. The number of carbonyl (C=O) groups excluding carboxylic acids is 1. The Hall–Kier alpha value is -3.77. The van der Waals surface area contributed by atoms with Gasteiger partial charge in [-0.05, 0) is 37.3 Å². The summed E-state index contributed by atoms with van der Waals surface area (Å²) in [4.78, 5) is 16.8. The van der Waals surface area contributed by atoms with Crippen LogP contribution in [0.25, 0.3) is 0 Å². The van der Waals surface area contributed by atoms with Crippen LogP contribution >= 0.6 is 0 Å². The van der Waals surface area contributed by atoms with E-state index in [1.165, 1.54) is 5.57 Å². The zero-order chi connectivity index (χ0) is 29.0. The minimum Gasteiger partial charge on any atom is -0.352 e. The highest BCUT2D eigenvalue weighted by molar-refractivity contribution is 5.78. The lowest BCUT2D eigenvalue weighted by Crippen LogP contribution is -2.36. The van der Waals surface area contributed by atoms with Gasteiger partial charge in [0.15, 0.2) is 0 Å². The molecule has 3 rings (SSSR count). The van der Waals surface area contributed by atoms with Crippen molar-refractivity contribution in [3.05, 3.63) is 145 Å². The molecule has 3 unspecified atom stereocenters. The number of hydrogen-bond acceptors (Lipinski definition) is 4. The van der Waals surface area contributed by atoms with Crippen molar-refractivity contribution in [2.45, 2.75) is 51.3 Å².